The minimum atomic E-state index is -1.02. The Labute approximate surface area is 123 Å². The first-order chi connectivity index (χ1) is 10.1. The van der Waals surface area contributed by atoms with Gasteiger partial charge in [-0.2, -0.15) is 0 Å². The van der Waals surface area contributed by atoms with E-state index < -0.39 is 17.6 Å². The van der Waals surface area contributed by atoms with Crippen LogP contribution in [0.2, 0.25) is 0 Å². The second-order valence-electron chi connectivity index (χ2n) is 3.81. The highest BCUT2D eigenvalue weighted by molar-refractivity contribution is 7.14. The van der Waals surface area contributed by atoms with Crippen molar-refractivity contribution in [2.24, 2.45) is 0 Å². The molecule has 0 bridgehead atoms. The lowest BCUT2D eigenvalue weighted by atomic mass is 10.2. The Morgan fingerprint density at radius 1 is 1.43 bits per heavy atom. The molecule has 2 rings (SSSR count). The molecule has 1 aromatic carbocycles. The van der Waals surface area contributed by atoms with Gasteiger partial charge in [0.15, 0.2) is 11.7 Å². The van der Waals surface area contributed by atoms with Gasteiger partial charge >= 0.3 is 0 Å². The molecule has 1 aromatic heterocycles. The molecule has 0 aliphatic carbocycles. The largest absolute Gasteiger partial charge is 0.497 e. The van der Waals surface area contributed by atoms with E-state index in [4.69, 9.17) is 4.74 Å². The fourth-order valence-corrected chi connectivity index (χ4v) is 2.23. The average Bonchev–Trinajstić information content (AvgIpc) is 2.93. The maximum atomic E-state index is 11.4. The summed E-state index contributed by atoms with van der Waals surface area (Å²) in [7, 11) is 1.58. The van der Waals surface area contributed by atoms with Crippen molar-refractivity contribution in [3.8, 4) is 17.0 Å². The molecule has 1 heterocycles. The molecule has 2 aromatic rings. The third-order valence-electron chi connectivity index (χ3n) is 2.44. The van der Waals surface area contributed by atoms with Crippen LogP contribution in [0.15, 0.2) is 29.6 Å². The zero-order valence-corrected chi connectivity index (χ0v) is 11.8. The highest BCUT2D eigenvalue weighted by Crippen LogP contribution is 2.26. The third-order valence-corrected chi connectivity index (χ3v) is 3.20. The number of carbonyl (C=O) groups excluding carboxylic acids is 1. The fourth-order valence-electron chi connectivity index (χ4n) is 1.49. The summed E-state index contributed by atoms with van der Waals surface area (Å²) in [5.74, 6) is 0.0989. The Morgan fingerprint density at radius 2 is 2.14 bits per heavy atom. The SMILES string of the molecule is COc1ccc(-c2csc(NC(=O)CO[N+](=O)[O-])n2)cc1. The van der Waals surface area contributed by atoms with Gasteiger partial charge in [0.05, 0.1) is 12.8 Å². The summed E-state index contributed by atoms with van der Waals surface area (Å²) in [6.45, 7) is -0.662. The second-order valence-corrected chi connectivity index (χ2v) is 4.67. The van der Waals surface area contributed by atoms with Crippen LogP contribution in [-0.4, -0.2) is 29.7 Å². The number of anilines is 1. The van der Waals surface area contributed by atoms with E-state index in [0.717, 1.165) is 11.3 Å². The molecule has 0 aliphatic rings. The summed E-state index contributed by atoms with van der Waals surface area (Å²) in [5, 5.41) is 13.5. The van der Waals surface area contributed by atoms with E-state index >= 15 is 0 Å². The van der Waals surface area contributed by atoms with Crippen molar-refractivity contribution in [2.75, 3.05) is 19.0 Å². The van der Waals surface area contributed by atoms with E-state index in [-0.39, 0.29) is 0 Å². The molecule has 9 heteroatoms. The third kappa shape index (κ3) is 4.14. The van der Waals surface area contributed by atoms with Crippen molar-refractivity contribution in [3.63, 3.8) is 0 Å². The fraction of sp³-hybridized carbons (Fsp3) is 0.167. The lowest BCUT2D eigenvalue weighted by molar-refractivity contribution is -0.754. The van der Waals surface area contributed by atoms with Gasteiger partial charge < -0.3 is 14.9 Å². The van der Waals surface area contributed by atoms with Crippen LogP contribution in [0.25, 0.3) is 11.3 Å². The number of rotatable bonds is 6. The Bertz CT molecular complexity index is 641. The minimum absolute atomic E-state index is 0.345. The van der Waals surface area contributed by atoms with Crippen molar-refractivity contribution in [1.29, 1.82) is 0 Å². The van der Waals surface area contributed by atoms with Gasteiger partial charge in [0.1, 0.15) is 5.75 Å². The molecule has 1 N–H and O–H groups in total. The van der Waals surface area contributed by atoms with E-state index in [1.807, 2.05) is 12.1 Å². The normalized spacial score (nSPS) is 9.95. The van der Waals surface area contributed by atoms with Crippen molar-refractivity contribution in [3.05, 3.63) is 39.8 Å². The first kappa shape index (κ1) is 14.7. The van der Waals surface area contributed by atoms with E-state index in [2.05, 4.69) is 15.1 Å². The molecular weight excluding hydrogens is 298 g/mol. The summed E-state index contributed by atoms with van der Waals surface area (Å²) < 4.78 is 5.07. The monoisotopic (exact) mass is 309 g/mol. The van der Waals surface area contributed by atoms with Crippen LogP contribution < -0.4 is 10.1 Å². The zero-order chi connectivity index (χ0) is 15.2. The highest BCUT2D eigenvalue weighted by Gasteiger charge is 2.09. The maximum Gasteiger partial charge on any atom is 0.295 e. The van der Waals surface area contributed by atoms with Crippen molar-refractivity contribution < 1.29 is 19.5 Å². The molecule has 0 saturated carbocycles. The summed E-state index contributed by atoms with van der Waals surface area (Å²) in [6, 6.07) is 7.29. The highest BCUT2D eigenvalue weighted by atomic mass is 32.1. The predicted molar refractivity (Wildman–Crippen MR) is 75.7 cm³/mol. The van der Waals surface area contributed by atoms with Gasteiger partial charge in [0.25, 0.3) is 11.0 Å². The van der Waals surface area contributed by atoms with E-state index in [0.29, 0.717) is 10.8 Å². The number of hydrogen-bond donors (Lipinski definition) is 1. The lowest BCUT2D eigenvalue weighted by Crippen LogP contribution is -2.20. The number of carbonyl (C=O) groups is 1. The summed E-state index contributed by atoms with van der Waals surface area (Å²) in [6.07, 6.45) is 0. The smallest absolute Gasteiger partial charge is 0.295 e. The quantitative estimate of drug-likeness (QED) is 0.646. The molecule has 0 aliphatic heterocycles. The van der Waals surface area contributed by atoms with Crippen molar-refractivity contribution in [1.82, 2.24) is 4.98 Å². The molecule has 0 unspecified atom stereocenters. The molecule has 0 spiro atoms. The molecule has 8 nitrogen and oxygen atoms in total. The molecule has 1 amide bonds. The number of hydrogen-bond acceptors (Lipinski definition) is 7. The topological polar surface area (TPSA) is 104 Å². The first-order valence-electron chi connectivity index (χ1n) is 5.75. The molecule has 0 atom stereocenters. The summed E-state index contributed by atoms with van der Waals surface area (Å²) >= 11 is 1.22. The van der Waals surface area contributed by atoms with Crippen LogP contribution in [-0.2, 0) is 9.63 Å². The number of amides is 1. The molecule has 110 valence electrons. The van der Waals surface area contributed by atoms with E-state index in [1.54, 1.807) is 24.6 Å². The van der Waals surface area contributed by atoms with Crippen molar-refractivity contribution in [2.45, 2.75) is 0 Å². The van der Waals surface area contributed by atoms with Crippen molar-refractivity contribution >= 4 is 22.4 Å². The van der Waals surface area contributed by atoms with Crippen LogP contribution in [0.3, 0.4) is 0 Å². The Balaban J connectivity index is 2.00. The number of aromatic nitrogens is 1. The van der Waals surface area contributed by atoms with Gasteiger partial charge in [-0.1, -0.05) is 0 Å². The number of benzene rings is 1. The van der Waals surface area contributed by atoms with Crippen LogP contribution in [0, 0.1) is 10.1 Å². The van der Waals surface area contributed by atoms with Gasteiger partial charge in [-0.15, -0.1) is 21.5 Å². The van der Waals surface area contributed by atoms with Gasteiger partial charge in [0, 0.05) is 10.9 Å². The summed E-state index contributed by atoms with van der Waals surface area (Å²) in [5.41, 5.74) is 1.56. The van der Waals surface area contributed by atoms with E-state index in [9.17, 15) is 14.9 Å². The molecule has 21 heavy (non-hydrogen) atoms. The van der Waals surface area contributed by atoms with Crippen LogP contribution in [0.4, 0.5) is 5.13 Å². The number of nitrogens with one attached hydrogen (secondary N) is 1. The van der Waals surface area contributed by atoms with Gasteiger partial charge in [0.2, 0.25) is 0 Å². The van der Waals surface area contributed by atoms with Gasteiger partial charge in [-0.05, 0) is 24.3 Å². The average molecular weight is 309 g/mol. The number of ether oxygens (including phenoxy) is 1. The Hall–Kier alpha value is -2.68. The summed E-state index contributed by atoms with van der Waals surface area (Å²) in [4.78, 5) is 29.5. The molecule has 0 radical (unpaired) electrons. The van der Waals surface area contributed by atoms with Crippen LogP contribution >= 0.6 is 11.3 Å². The number of methoxy groups -OCH3 is 1. The first-order valence-corrected chi connectivity index (χ1v) is 6.63. The number of nitrogens with zero attached hydrogens (tertiary/aromatic N) is 2. The Kier molecular flexibility index (Phi) is 4.67. The second kappa shape index (κ2) is 6.66. The van der Waals surface area contributed by atoms with E-state index in [1.165, 1.54) is 11.3 Å². The van der Waals surface area contributed by atoms with Gasteiger partial charge in [-0.3, -0.25) is 4.79 Å². The number of thiazole rings is 1. The minimum Gasteiger partial charge on any atom is -0.497 e. The predicted octanol–water partition coefficient (Wildman–Crippen LogP) is 1.97. The Morgan fingerprint density at radius 3 is 2.76 bits per heavy atom. The standard InChI is InChI=1S/C12H11N3O5S/c1-19-9-4-2-8(3-5-9)10-7-21-12(13-10)14-11(16)6-20-15(17)18/h2-5,7H,6H2,1H3,(H,13,14,16). The molecule has 0 saturated heterocycles. The molecule has 0 fully saturated rings. The molecular formula is C12H11N3O5S. The van der Waals surface area contributed by atoms with Crippen LogP contribution in [0.5, 0.6) is 5.75 Å². The maximum absolute atomic E-state index is 11.4. The van der Waals surface area contributed by atoms with Gasteiger partial charge in [-0.25, -0.2) is 4.98 Å². The zero-order valence-electron chi connectivity index (χ0n) is 10.9. The van der Waals surface area contributed by atoms with Crippen LogP contribution in [0.1, 0.15) is 0 Å². The lowest BCUT2D eigenvalue weighted by Gasteiger charge is -2.01.